The van der Waals surface area contributed by atoms with Gasteiger partial charge in [-0.15, -0.1) is 0 Å². The van der Waals surface area contributed by atoms with E-state index >= 15 is 0 Å². The van der Waals surface area contributed by atoms with Crippen LogP contribution >= 0.6 is 0 Å². The third-order valence-electron chi connectivity index (χ3n) is 2.58. The van der Waals surface area contributed by atoms with Gasteiger partial charge in [0.2, 0.25) is 0 Å². The molecule has 0 atom stereocenters. The molecule has 20 heavy (non-hydrogen) atoms. The highest BCUT2D eigenvalue weighted by Gasteiger charge is 2.33. The highest BCUT2D eigenvalue weighted by molar-refractivity contribution is 5.99. The molecule has 0 fully saturated rings. The predicted octanol–water partition coefficient (Wildman–Crippen LogP) is 2.09. The van der Waals surface area contributed by atoms with Gasteiger partial charge < -0.3 is 10.3 Å². The maximum atomic E-state index is 12.5. The third-order valence-corrected chi connectivity index (χ3v) is 2.58. The minimum Gasteiger partial charge on any atom is -0.329 e. The van der Waals surface area contributed by atoms with Gasteiger partial charge >= 0.3 is 6.18 Å². The Hall–Kier alpha value is -1.83. The molecule has 0 spiro atoms. The van der Waals surface area contributed by atoms with Crippen molar-refractivity contribution in [3.05, 3.63) is 23.5 Å². The van der Waals surface area contributed by atoms with Gasteiger partial charge in [-0.1, -0.05) is 6.92 Å². The fourth-order valence-electron chi connectivity index (χ4n) is 1.76. The van der Waals surface area contributed by atoms with Gasteiger partial charge in [-0.25, -0.2) is 0 Å². The fourth-order valence-corrected chi connectivity index (χ4v) is 1.76. The van der Waals surface area contributed by atoms with Gasteiger partial charge in [-0.05, 0) is 19.4 Å². The van der Waals surface area contributed by atoms with Crippen LogP contribution in [-0.2, 0) is 0 Å². The molecule has 1 amide bonds. The lowest BCUT2D eigenvalue weighted by atomic mass is 10.2. The highest BCUT2D eigenvalue weighted by atomic mass is 19.4. The predicted molar refractivity (Wildman–Crippen MR) is 69.0 cm³/mol. The van der Waals surface area contributed by atoms with E-state index in [2.05, 4.69) is 10.4 Å². The lowest BCUT2D eigenvalue weighted by Gasteiger charge is -2.24. The molecule has 3 N–H and O–H groups in total. The Morgan fingerprint density at radius 1 is 1.50 bits per heavy atom. The van der Waals surface area contributed by atoms with E-state index in [1.165, 1.54) is 12.3 Å². The Morgan fingerprint density at radius 3 is 2.65 bits per heavy atom. The first kappa shape index (κ1) is 16.2. The number of hydrazine groups is 1. The van der Waals surface area contributed by atoms with Crippen LogP contribution in [0.2, 0.25) is 0 Å². The summed E-state index contributed by atoms with van der Waals surface area (Å²) in [6.07, 6.45) is -2.79. The molecule has 5 nitrogen and oxygen atoms in total. The molecule has 0 aliphatic rings. The average molecular weight is 290 g/mol. The van der Waals surface area contributed by atoms with Crippen LogP contribution in [0, 0.1) is 6.92 Å². The maximum Gasteiger partial charge on any atom is 0.406 e. The van der Waals surface area contributed by atoms with Crippen molar-refractivity contribution in [1.82, 2.24) is 9.88 Å². The molecule has 1 heterocycles. The van der Waals surface area contributed by atoms with E-state index in [4.69, 9.17) is 5.84 Å². The molecule has 1 rings (SSSR count). The quantitative estimate of drug-likeness (QED) is 0.643. The number of nitrogen functional groups attached to an aromatic ring is 1. The number of nitrogens with zero attached hydrogens (tertiary/aromatic N) is 2. The number of pyridine rings is 1. The number of hydrogen-bond acceptors (Lipinski definition) is 4. The van der Waals surface area contributed by atoms with Gasteiger partial charge in [0, 0.05) is 18.4 Å². The number of nitrogens with two attached hydrogens (primary N) is 1. The lowest BCUT2D eigenvalue weighted by Crippen LogP contribution is -2.39. The number of carbonyl (C=O) groups excluding carboxylic acids is 1. The summed E-state index contributed by atoms with van der Waals surface area (Å²) in [5.74, 6) is 4.54. The summed E-state index contributed by atoms with van der Waals surface area (Å²) in [6, 6.07) is 1.50. The summed E-state index contributed by atoms with van der Waals surface area (Å²) in [4.78, 5) is 16.9. The van der Waals surface area contributed by atoms with Crippen LogP contribution in [-0.4, -0.2) is 35.1 Å². The van der Waals surface area contributed by atoms with Crippen LogP contribution < -0.4 is 11.3 Å². The summed E-state index contributed by atoms with van der Waals surface area (Å²) in [5.41, 5.74) is 3.19. The van der Waals surface area contributed by atoms with E-state index in [-0.39, 0.29) is 17.8 Å². The zero-order valence-corrected chi connectivity index (χ0v) is 11.3. The topological polar surface area (TPSA) is 71.2 Å². The van der Waals surface area contributed by atoms with Crippen LogP contribution in [0.25, 0.3) is 0 Å². The molecule has 0 saturated heterocycles. The average Bonchev–Trinajstić information content (AvgIpc) is 2.35. The summed E-state index contributed by atoms with van der Waals surface area (Å²) >= 11 is 0. The van der Waals surface area contributed by atoms with Gasteiger partial charge in [0.25, 0.3) is 5.91 Å². The Kier molecular flexibility index (Phi) is 5.32. The number of amides is 1. The fraction of sp³-hybridized carbons (Fsp3) is 0.500. The molecule has 0 bridgehead atoms. The zero-order chi connectivity index (χ0) is 15.3. The number of nitrogens with one attached hydrogen (secondary N) is 1. The van der Waals surface area contributed by atoms with Gasteiger partial charge in [0.1, 0.15) is 6.54 Å². The Labute approximate surface area is 114 Å². The number of anilines is 1. The Balaban J connectivity index is 3.06. The molecule has 0 aliphatic heterocycles. The SMILES string of the molecule is CCCN(CC(F)(F)F)C(=O)c1cnc(C)cc1NN. The molecule has 1 aromatic rings. The monoisotopic (exact) mass is 290 g/mol. The molecular formula is C12H17F3N4O. The summed E-state index contributed by atoms with van der Waals surface area (Å²) < 4.78 is 37.5. The smallest absolute Gasteiger partial charge is 0.329 e. The first-order valence-electron chi connectivity index (χ1n) is 6.07. The molecule has 0 aromatic carbocycles. The van der Waals surface area contributed by atoms with E-state index in [1.807, 2.05) is 0 Å². The van der Waals surface area contributed by atoms with Crippen molar-refractivity contribution in [3.63, 3.8) is 0 Å². The maximum absolute atomic E-state index is 12.5. The van der Waals surface area contributed by atoms with Gasteiger partial charge in [-0.2, -0.15) is 13.2 Å². The second kappa shape index (κ2) is 6.56. The van der Waals surface area contributed by atoms with E-state index in [1.54, 1.807) is 13.8 Å². The minimum atomic E-state index is -4.45. The summed E-state index contributed by atoms with van der Waals surface area (Å²) in [7, 11) is 0. The Bertz CT molecular complexity index is 476. The van der Waals surface area contributed by atoms with Crippen molar-refractivity contribution in [1.29, 1.82) is 0 Å². The van der Waals surface area contributed by atoms with Crippen LogP contribution in [0.1, 0.15) is 29.4 Å². The highest BCUT2D eigenvalue weighted by Crippen LogP contribution is 2.21. The molecule has 0 unspecified atom stereocenters. The Morgan fingerprint density at radius 2 is 2.15 bits per heavy atom. The van der Waals surface area contributed by atoms with Crippen molar-refractivity contribution in [2.24, 2.45) is 5.84 Å². The molecule has 0 aliphatic carbocycles. The molecule has 8 heteroatoms. The number of hydrogen-bond donors (Lipinski definition) is 2. The minimum absolute atomic E-state index is 0.0101. The van der Waals surface area contributed by atoms with Crippen molar-refractivity contribution in [3.8, 4) is 0 Å². The molecule has 112 valence electrons. The van der Waals surface area contributed by atoms with E-state index in [9.17, 15) is 18.0 Å². The second-order valence-electron chi connectivity index (χ2n) is 4.36. The summed E-state index contributed by atoms with van der Waals surface area (Å²) in [5, 5.41) is 0. The van der Waals surface area contributed by atoms with E-state index < -0.39 is 18.6 Å². The van der Waals surface area contributed by atoms with Crippen molar-refractivity contribution < 1.29 is 18.0 Å². The number of aromatic nitrogens is 1. The largest absolute Gasteiger partial charge is 0.406 e. The third kappa shape index (κ3) is 4.37. The number of rotatable bonds is 5. The number of halogens is 3. The van der Waals surface area contributed by atoms with Crippen LogP contribution in [0.4, 0.5) is 18.9 Å². The van der Waals surface area contributed by atoms with Crippen LogP contribution in [0.3, 0.4) is 0 Å². The normalized spacial score (nSPS) is 11.3. The standard InChI is InChI=1S/C12H17F3N4O/c1-3-4-19(7-12(13,14)15)11(20)9-6-17-8(2)5-10(9)18-16/h5-6H,3-4,7,16H2,1-2H3,(H,17,18). The number of alkyl halides is 3. The number of carbonyl (C=O) groups is 1. The van der Waals surface area contributed by atoms with Gasteiger partial charge in [0.15, 0.2) is 0 Å². The van der Waals surface area contributed by atoms with E-state index in [0.29, 0.717) is 12.1 Å². The van der Waals surface area contributed by atoms with Crippen molar-refractivity contribution in [2.45, 2.75) is 26.4 Å². The lowest BCUT2D eigenvalue weighted by molar-refractivity contribution is -0.140. The van der Waals surface area contributed by atoms with Gasteiger partial charge in [0.05, 0.1) is 11.3 Å². The first-order valence-corrected chi connectivity index (χ1v) is 6.07. The van der Waals surface area contributed by atoms with Crippen LogP contribution in [0.15, 0.2) is 12.3 Å². The number of aryl methyl sites for hydroxylation is 1. The van der Waals surface area contributed by atoms with Crippen LogP contribution in [0.5, 0.6) is 0 Å². The first-order chi connectivity index (χ1) is 9.28. The second-order valence-corrected chi connectivity index (χ2v) is 4.36. The van der Waals surface area contributed by atoms with Crippen molar-refractivity contribution >= 4 is 11.6 Å². The molecule has 0 saturated carbocycles. The molecular weight excluding hydrogens is 273 g/mol. The molecule has 1 aromatic heterocycles. The zero-order valence-electron chi connectivity index (χ0n) is 11.3. The van der Waals surface area contributed by atoms with E-state index in [0.717, 1.165) is 4.90 Å². The van der Waals surface area contributed by atoms with Crippen molar-refractivity contribution in [2.75, 3.05) is 18.5 Å². The summed E-state index contributed by atoms with van der Waals surface area (Å²) in [6.45, 7) is 2.11. The van der Waals surface area contributed by atoms with Gasteiger partial charge in [-0.3, -0.25) is 15.6 Å². The molecule has 0 radical (unpaired) electrons.